The van der Waals surface area contributed by atoms with Gasteiger partial charge in [0.1, 0.15) is 18.9 Å². The van der Waals surface area contributed by atoms with E-state index < -0.39 is 36.2 Å². The summed E-state index contributed by atoms with van der Waals surface area (Å²) in [6, 6.07) is 7.61. The van der Waals surface area contributed by atoms with Gasteiger partial charge in [-0.15, -0.1) is 0 Å². The van der Waals surface area contributed by atoms with E-state index in [9.17, 15) is 24.0 Å². The molecular weight excluding hydrogens is 402 g/mol. The van der Waals surface area contributed by atoms with Gasteiger partial charge in [0.2, 0.25) is 11.8 Å². The van der Waals surface area contributed by atoms with Crippen LogP contribution in [0.5, 0.6) is 0 Å². The van der Waals surface area contributed by atoms with E-state index in [-0.39, 0.29) is 6.54 Å². The largest absolute Gasteiger partial charge is 0.388 e. The van der Waals surface area contributed by atoms with Crippen molar-refractivity contribution in [2.45, 2.75) is 19.4 Å². The summed E-state index contributed by atoms with van der Waals surface area (Å²) in [5, 5.41) is 10.8. The zero-order chi connectivity index (χ0) is 23.2. The summed E-state index contributed by atoms with van der Waals surface area (Å²) in [6.07, 6.45) is 3.73. The first-order valence-corrected chi connectivity index (χ1v) is 9.77. The molecule has 2 rings (SSSR count). The first-order chi connectivity index (χ1) is 14.8. The van der Waals surface area contributed by atoms with Crippen LogP contribution in [0.4, 0.5) is 5.69 Å². The predicted molar refractivity (Wildman–Crippen MR) is 116 cm³/mol. The van der Waals surface area contributed by atoms with E-state index in [1.807, 2.05) is 14.1 Å². The van der Waals surface area contributed by atoms with Crippen LogP contribution in [-0.4, -0.2) is 74.6 Å². The molecule has 0 spiro atoms. The van der Waals surface area contributed by atoms with E-state index >= 15 is 0 Å². The molecule has 1 aromatic rings. The number of carbonyl (C=O) groups is 5. The highest BCUT2D eigenvalue weighted by molar-refractivity contribution is 6.14. The molecule has 4 amide bonds. The molecule has 1 atom stereocenters. The summed E-state index contributed by atoms with van der Waals surface area (Å²) >= 11 is 0. The lowest BCUT2D eigenvalue weighted by Crippen LogP contribution is -2.49. The molecule has 1 aliphatic heterocycles. The molecule has 0 fully saturated rings. The second-order valence-electron chi connectivity index (χ2n) is 6.60. The fourth-order valence-corrected chi connectivity index (χ4v) is 2.53. The predicted octanol–water partition coefficient (Wildman–Crippen LogP) is -0.779. The van der Waals surface area contributed by atoms with Gasteiger partial charge in [-0.1, -0.05) is 12.1 Å². The van der Waals surface area contributed by atoms with Crippen LogP contribution in [0.1, 0.15) is 12.5 Å². The van der Waals surface area contributed by atoms with Crippen LogP contribution in [0, 0.1) is 0 Å². The minimum absolute atomic E-state index is 0.147. The molecule has 0 bridgehead atoms. The van der Waals surface area contributed by atoms with Gasteiger partial charge in [0.15, 0.2) is 0 Å². The standard InChI is InChI=1S/C11H13N3O5.C10H16N2/c1-7(11(19)12-4-5-15)13-8(16)6-14-9(17)2-3-10(14)18;1-11-7-6-9-4-3-5-10(8-9)12-2/h2-3,5,7H,4,6H2,1H3,(H,12,19)(H,13,16);3-5,8,11-12H,6-7H2,1-2H3. The molecule has 0 saturated carbocycles. The summed E-state index contributed by atoms with van der Waals surface area (Å²) in [6.45, 7) is 1.86. The number of aldehydes is 1. The van der Waals surface area contributed by atoms with Gasteiger partial charge < -0.3 is 26.1 Å². The maximum absolute atomic E-state index is 11.5. The number of nitrogens with zero attached hydrogens (tertiary/aromatic N) is 1. The van der Waals surface area contributed by atoms with Crippen molar-refractivity contribution in [1.82, 2.24) is 20.9 Å². The highest BCUT2D eigenvalue weighted by Gasteiger charge is 2.26. The minimum atomic E-state index is -0.867. The number of anilines is 1. The number of imide groups is 1. The Morgan fingerprint density at radius 3 is 2.39 bits per heavy atom. The maximum Gasteiger partial charge on any atom is 0.254 e. The fourth-order valence-electron chi connectivity index (χ4n) is 2.53. The number of carbonyl (C=O) groups excluding carboxylic acids is 5. The second-order valence-corrected chi connectivity index (χ2v) is 6.60. The van der Waals surface area contributed by atoms with E-state index in [0.29, 0.717) is 6.29 Å². The SMILES string of the molecule is CC(NC(=O)CN1C(=O)C=CC1=O)C(=O)NCC=O.CNCCc1cccc(NC)c1. The minimum Gasteiger partial charge on any atom is -0.388 e. The lowest BCUT2D eigenvalue weighted by molar-refractivity contribution is -0.141. The normalized spacial score (nSPS) is 13.2. The van der Waals surface area contributed by atoms with Crippen molar-refractivity contribution in [1.29, 1.82) is 0 Å². The Balaban J connectivity index is 0.000000343. The first kappa shape index (κ1) is 25.5. The van der Waals surface area contributed by atoms with Crippen molar-refractivity contribution < 1.29 is 24.0 Å². The molecule has 0 aliphatic carbocycles. The average Bonchev–Trinajstić information content (AvgIpc) is 3.08. The monoisotopic (exact) mass is 431 g/mol. The Hall–Kier alpha value is -3.53. The van der Waals surface area contributed by atoms with E-state index in [1.54, 1.807) is 0 Å². The Kier molecular flexibility index (Phi) is 11.2. The smallest absolute Gasteiger partial charge is 0.254 e. The van der Waals surface area contributed by atoms with Crippen molar-refractivity contribution in [3.8, 4) is 0 Å². The summed E-state index contributed by atoms with van der Waals surface area (Å²) < 4.78 is 0. The molecule has 1 unspecified atom stereocenters. The van der Waals surface area contributed by atoms with Crippen molar-refractivity contribution in [3.63, 3.8) is 0 Å². The molecule has 0 aromatic heterocycles. The Morgan fingerprint density at radius 2 is 1.81 bits per heavy atom. The van der Waals surface area contributed by atoms with Crippen molar-refractivity contribution in [3.05, 3.63) is 42.0 Å². The van der Waals surface area contributed by atoms with Crippen molar-refractivity contribution in [2.24, 2.45) is 0 Å². The van der Waals surface area contributed by atoms with Crippen molar-refractivity contribution >= 4 is 35.6 Å². The highest BCUT2D eigenvalue weighted by Crippen LogP contribution is 2.09. The summed E-state index contributed by atoms with van der Waals surface area (Å²) in [7, 11) is 3.92. The van der Waals surface area contributed by atoms with Gasteiger partial charge in [0.05, 0.1) is 6.54 Å². The number of rotatable bonds is 10. The fraction of sp³-hybridized carbons (Fsp3) is 0.381. The molecule has 10 nitrogen and oxygen atoms in total. The Labute approximate surface area is 181 Å². The number of nitrogens with one attached hydrogen (secondary N) is 4. The lowest BCUT2D eigenvalue weighted by atomic mass is 10.1. The molecule has 31 heavy (non-hydrogen) atoms. The molecule has 1 aliphatic rings. The number of hydrogen-bond acceptors (Lipinski definition) is 7. The summed E-state index contributed by atoms with van der Waals surface area (Å²) in [5.41, 5.74) is 2.56. The van der Waals surface area contributed by atoms with Gasteiger partial charge >= 0.3 is 0 Å². The van der Waals surface area contributed by atoms with E-state index in [0.717, 1.165) is 30.0 Å². The second kappa shape index (κ2) is 13.6. The zero-order valence-electron chi connectivity index (χ0n) is 17.9. The molecule has 10 heteroatoms. The van der Waals surface area contributed by atoms with Crippen LogP contribution < -0.4 is 21.3 Å². The van der Waals surface area contributed by atoms with Gasteiger partial charge in [-0.2, -0.15) is 0 Å². The number of likely N-dealkylation sites (N-methyl/N-ethyl adjacent to an activating group) is 1. The Morgan fingerprint density at radius 1 is 1.13 bits per heavy atom. The highest BCUT2D eigenvalue weighted by atomic mass is 16.2. The van der Waals surface area contributed by atoms with Crippen LogP contribution in [-0.2, 0) is 30.4 Å². The molecule has 1 heterocycles. The quantitative estimate of drug-likeness (QED) is 0.282. The topological polar surface area (TPSA) is 137 Å². The molecular formula is C21H29N5O5. The lowest BCUT2D eigenvalue weighted by Gasteiger charge is -2.16. The third kappa shape index (κ3) is 9.22. The van der Waals surface area contributed by atoms with E-state index in [1.165, 1.54) is 18.2 Å². The molecule has 0 saturated heterocycles. The zero-order valence-corrected chi connectivity index (χ0v) is 17.9. The van der Waals surface area contributed by atoms with Crippen LogP contribution in [0.15, 0.2) is 36.4 Å². The molecule has 168 valence electrons. The van der Waals surface area contributed by atoms with Gasteiger partial charge in [-0.25, -0.2) is 0 Å². The summed E-state index contributed by atoms with van der Waals surface area (Å²) in [4.78, 5) is 56.1. The number of benzene rings is 1. The van der Waals surface area contributed by atoms with E-state index in [2.05, 4.69) is 45.5 Å². The third-order valence-corrected chi connectivity index (χ3v) is 4.21. The van der Waals surface area contributed by atoms with Crippen LogP contribution in [0.3, 0.4) is 0 Å². The van der Waals surface area contributed by atoms with Crippen molar-refractivity contribution in [2.75, 3.05) is 39.0 Å². The van der Waals surface area contributed by atoms with Gasteiger partial charge in [-0.3, -0.25) is 24.1 Å². The average molecular weight is 431 g/mol. The maximum atomic E-state index is 11.5. The van der Waals surface area contributed by atoms with Crippen LogP contribution in [0.25, 0.3) is 0 Å². The Bertz CT molecular complexity index is 806. The van der Waals surface area contributed by atoms with Gasteiger partial charge in [0.25, 0.3) is 11.8 Å². The van der Waals surface area contributed by atoms with Gasteiger partial charge in [-0.05, 0) is 44.6 Å². The molecule has 1 aromatic carbocycles. The van der Waals surface area contributed by atoms with Crippen LogP contribution >= 0.6 is 0 Å². The summed E-state index contributed by atoms with van der Waals surface area (Å²) in [5.74, 6) is -2.31. The number of amides is 4. The number of hydrogen-bond donors (Lipinski definition) is 4. The molecule has 4 N–H and O–H groups in total. The first-order valence-electron chi connectivity index (χ1n) is 9.77. The van der Waals surface area contributed by atoms with Crippen LogP contribution in [0.2, 0.25) is 0 Å². The van der Waals surface area contributed by atoms with Gasteiger partial charge in [0, 0.05) is 24.9 Å². The molecule has 0 radical (unpaired) electrons. The van der Waals surface area contributed by atoms with E-state index in [4.69, 9.17) is 0 Å². The third-order valence-electron chi connectivity index (χ3n) is 4.21.